The SMILES string of the molecule is CN(C(=O)C=Cc1ccc(C(F)(F)F)cc1)[C@@H]1CC[C@@]2(O)[C@H]3Cc4cccc5c4[C@@]2(CCN3CCc2ccccc2)[C@H]1O5. The number of carbonyl (C=O) groups is 1. The van der Waals surface area contributed by atoms with Crippen LogP contribution in [0.25, 0.3) is 6.08 Å². The molecule has 8 heteroatoms. The van der Waals surface area contributed by atoms with Crippen molar-refractivity contribution in [3.05, 3.63) is 107 Å². The summed E-state index contributed by atoms with van der Waals surface area (Å²) < 4.78 is 45.5. The molecule has 5 nitrogen and oxygen atoms in total. The lowest BCUT2D eigenvalue weighted by Gasteiger charge is -2.64. The Hall–Kier alpha value is -3.62. The van der Waals surface area contributed by atoms with Crippen LogP contribution in [0, 0.1) is 0 Å². The number of hydrogen-bond donors (Lipinski definition) is 1. The number of alkyl halides is 3. The smallest absolute Gasteiger partial charge is 0.416 e. The zero-order valence-electron chi connectivity index (χ0n) is 24.1. The Bertz CT molecular complexity index is 1560. The third-order valence-corrected chi connectivity index (χ3v) is 10.5. The number of ether oxygens (including phenoxy) is 1. The monoisotopic (exact) mass is 588 g/mol. The second kappa shape index (κ2) is 10.2. The largest absolute Gasteiger partial charge is 0.487 e. The van der Waals surface area contributed by atoms with Crippen LogP contribution < -0.4 is 4.74 Å². The molecule has 0 radical (unpaired) electrons. The second-order valence-electron chi connectivity index (χ2n) is 12.5. The van der Waals surface area contributed by atoms with Crippen LogP contribution in [0.5, 0.6) is 5.75 Å². The number of aliphatic hydroxyl groups is 1. The molecule has 2 aliphatic heterocycles. The minimum atomic E-state index is -4.41. The van der Waals surface area contributed by atoms with Gasteiger partial charge in [-0.3, -0.25) is 9.69 Å². The normalized spacial score (nSPS) is 29.3. The maximum Gasteiger partial charge on any atom is 0.416 e. The van der Waals surface area contributed by atoms with Crippen molar-refractivity contribution in [2.24, 2.45) is 0 Å². The fraction of sp³-hybridized carbons (Fsp3) is 0.400. The summed E-state index contributed by atoms with van der Waals surface area (Å²) in [6, 6.07) is 21.0. The van der Waals surface area contributed by atoms with Crippen LogP contribution in [0.15, 0.2) is 78.9 Å². The molecule has 3 aromatic carbocycles. The van der Waals surface area contributed by atoms with Crippen LogP contribution in [0.3, 0.4) is 0 Å². The van der Waals surface area contributed by atoms with E-state index in [9.17, 15) is 23.1 Å². The van der Waals surface area contributed by atoms with E-state index in [1.165, 1.54) is 29.3 Å². The standard InChI is InChI=1S/C35H35F3N2O3/c1-39(30(41)15-12-24-10-13-26(14-11-24)35(36,37)38)27-16-18-34(42)29-22-25-8-5-9-28-31(25)33(34,32(27)43-28)19-21-40(29)20-17-23-6-3-2-4-7-23/h2-15,27,29,32,42H,16-22H2,1H3/t27-,29-,32+,33+,34-/m1/s1. The highest BCUT2D eigenvalue weighted by atomic mass is 19.4. The third-order valence-electron chi connectivity index (χ3n) is 10.5. The number of likely N-dealkylation sites (N-methyl/N-ethyl adjacent to an activating group) is 1. The number of benzene rings is 3. The lowest BCUT2D eigenvalue weighted by molar-refractivity contribution is -0.199. The quantitative estimate of drug-likeness (QED) is 0.379. The molecule has 5 atom stereocenters. The van der Waals surface area contributed by atoms with E-state index >= 15 is 0 Å². The van der Waals surface area contributed by atoms with E-state index in [0.29, 0.717) is 18.4 Å². The molecule has 1 saturated heterocycles. The summed E-state index contributed by atoms with van der Waals surface area (Å²) in [5.74, 6) is 0.560. The van der Waals surface area contributed by atoms with E-state index in [1.807, 2.05) is 18.2 Å². The summed E-state index contributed by atoms with van der Waals surface area (Å²) in [4.78, 5) is 17.6. The maximum absolute atomic E-state index is 13.4. The van der Waals surface area contributed by atoms with E-state index < -0.39 is 28.9 Å². The zero-order chi connectivity index (χ0) is 30.0. The first kappa shape index (κ1) is 28.2. The van der Waals surface area contributed by atoms with Gasteiger partial charge in [-0.15, -0.1) is 0 Å². The van der Waals surface area contributed by atoms with E-state index in [2.05, 4.69) is 35.2 Å². The molecule has 2 aliphatic carbocycles. The number of rotatable bonds is 6. The Labute approximate surface area is 249 Å². The van der Waals surface area contributed by atoms with Crippen molar-refractivity contribution in [2.45, 2.75) is 67.5 Å². The lowest BCUT2D eigenvalue weighted by Crippen LogP contribution is -2.78. The van der Waals surface area contributed by atoms with E-state index in [1.54, 1.807) is 18.0 Å². The van der Waals surface area contributed by atoms with Gasteiger partial charge in [-0.25, -0.2) is 0 Å². The van der Waals surface area contributed by atoms with Gasteiger partial charge < -0.3 is 14.7 Å². The highest BCUT2D eigenvalue weighted by molar-refractivity contribution is 5.92. The van der Waals surface area contributed by atoms with Gasteiger partial charge >= 0.3 is 6.18 Å². The first-order chi connectivity index (χ1) is 20.6. The number of hydrogen-bond acceptors (Lipinski definition) is 4. The molecule has 7 rings (SSSR count). The fourth-order valence-electron chi connectivity index (χ4n) is 8.39. The molecule has 2 heterocycles. The highest BCUT2D eigenvalue weighted by Gasteiger charge is 2.72. The van der Waals surface area contributed by atoms with Crippen molar-refractivity contribution < 1.29 is 27.8 Å². The van der Waals surface area contributed by atoms with Gasteiger partial charge in [-0.1, -0.05) is 54.6 Å². The zero-order valence-corrected chi connectivity index (χ0v) is 24.1. The van der Waals surface area contributed by atoms with Crippen molar-refractivity contribution in [3.63, 3.8) is 0 Å². The molecule has 1 saturated carbocycles. The molecule has 1 N–H and O–H groups in total. The Morgan fingerprint density at radius 1 is 1.07 bits per heavy atom. The number of halogens is 3. The number of nitrogens with zero attached hydrogens (tertiary/aromatic N) is 2. The summed E-state index contributed by atoms with van der Waals surface area (Å²) in [7, 11) is 1.76. The summed E-state index contributed by atoms with van der Waals surface area (Å²) in [6.45, 7) is 1.70. The Morgan fingerprint density at radius 3 is 2.58 bits per heavy atom. The first-order valence-corrected chi connectivity index (χ1v) is 15.0. The minimum Gasteiger partial charge on any atom is -0.487 e. The van der Waals surface area contributed by atoms with Crippen LogP contribution in [0.2, 0.25) is 0 Å². The number of carbonyl (C=O) groups excluding carboxylic acids is 1. The topological polar surface area (TPSA) is 53.0 Å². The molecule has 0 unspecified atom stereocenters. The summed E-state index contributed by atoms with van der Waals surface area (Å²) >= 11 is 0. The van der Waals surface area contributed by atoms with Crippen LogP contribution in [0.1, 0.15) is 47.1 Å². The van der Waals surface area contributed by atoms with E-state index in [-0.39, 0.29) is 18.0 Å². The molecule has 0 aromatic heterocycles. The van der Waals surface area contributed by atoms with Gasteiger partial charge in [0.05, 0.1) is 22.6 Å². The number of amides is 1. The molecular formula is C35H35F3N2O3. The summed E-state index contributed by atoms with van der Waals surface area (Å²) in [5.41, 5.74) is 1.81. The second-order valence-corrected chi connectivity index (χ2v) is 12.5. The molecule has 224 valence electrons. The van der Waals surface area contributed by atoms with E-state index in [4.69, 9.17) is 4.74 Å². The molecule has 43 heavy (non-hydrogen) atoms. The number of piperidine rings is 1. The van der Waals surface area contributed by atoms with Gasteiger partial charge in [-0.05, 0) is 79.6 Å². The summed E-state index contributed by atoms with van der Waals surface area (Å²) in [6.07, 6.45) is 1.71. The predicted molar refractivity (Wildman–Crippen MR) is 158 cm³/mol. The average Bonchev–Trinajstić information content (AvgIpc) is 3.34. The molecule has 3 aromatic rings. The van der Waals surface area contributed by atoms with Gasteiger partial charge in [0.1, 0.15) is 11.9 Å². The predicted octanol–water partition coefficient (Wildman–Crippen LogP) is 5.64. The highest BCUT2D eigenvalue weighted by Crippen LogP contribution is 2.64. The Kier molecular flexibility index (Phi) is 6.71. The van der Waals surface area contributed by atoms with E-state index in [0.717, 1.165) is 55.8 Å². The van der Waals surface area contributed by atoms with Crippen LogP contribution in [-0.4, -0.2) is 64.7 Å². The van der Waals surface area contributed by atoms with Gasteiger partial charge in [0.25, 0.3) is 0 Å². The summed E-state index contributed by atoms with van der Waals surface area (Å²) in [5, 5.41) is 12.7. The third kappa shape index (κ3) is 4.41. The molecule has 2 fully saturated rings. The van der Waals surface area contributed by atoms with Crippen molar-refractivity contribution in [3.8, 4) is 5.75 Å². The van der Waals surface area contributed by atoms with Gasteiger partial charge in [0.2, 0.25) is 5.91 Å². The first-order valence-electron chi connectivity index (χ1n) is 15.0. The molecule has 1 amide bonds. The van der Waals surface area contributed by atoms with Crippen molar-refractivity contribution >= 4 is 12.0 Å². The van der Waals surface area contributed by atoms with Crippen molar-refractivity contribution in [1.82, 2.24) is 9.80 Å². The van der Waals surface area contributed by atoms with Gasteiger partial charge in [0.15, 0.2) is 0 Å². The van der Waals surface area contributed by atoms with Gasteiger partial charge in [-0.2, -0.15) is 13.2 Å². The average molecular weight is 589 g/mol. The molecule has 2 bridgehead atoms. The van der Waals surface area contributed by atoms with Crippen LogP contribution in [0.4, 0.5) is 13.2 Å². The van der Waals surface area contributed by atoms with Crippen LogP contribution >= 0.6 is 0 Å². The Balaban J connectivity index is 1.15. The number of likely N-dealkylation sites (tertiary alicyclic amines) is 1. The lowest BCUT2D eigenvalue weighted by atomic mass is 9.48. The molecular weight excluding hydrogens is 553 g/mol. The molecule has 4 aliphatic rings. The van der Waals surface area contributed by atoms with Gasteiger partial charge in [0, 0.05) is 31.3 Å². The minimum absolute atomic E-state index is 0.0431. The molecule has 1 spiro atoms. The fourth-order valence-corrected chi connectivity index (χ4v) is 8.39. The Morgan fingerprint density at radius 2 is 1.84 bits per heavy atom. The van der Waals surface area contributed by atoms with Crippen molar-refractivity contribution in [1.29, 1.82) is 0 Å². The maximum atomic E-state index is 13.4. The van der Waals surface area contributed by atoms with Crippen molar-refractivity contribution in [2.75, 3.05) is 20.1 Å². The van der Waals surface area contributed by atoms with Crippen LogP contribution in [-0.2, 0) is 29.2 Å².